The maximum atomic E-state index is 13.8. The molecule has 8 heteroatoms. The highest BCUT2D eigenvalue weighted by Crippen LogP contribution is 2.36. The molecule has 144 valence electrons. The van der Waals surface area contributed by atoms with Crippen molar-refractivity contribution in [3.05, 3.63) is 80.6 Å². The van der Waals surface area contributed by atoms with E-state index in [2.05, 4.69) is 43.8 Å². The molecular formula is C20H15Br2FN2O3. The molecule has 2 aromatic rings. The van der Waals surface area contributed by atoms with Gasteiger partial charge in [-0.3, -0.25) is 9.69 Å². The van der Waals surface area contributed by atoms with Crippen molar-refractivity contribution in [1.29, 1.82) is 0 Å². The first-order valence-electron chi connectivity index (χ1n) is 8.21. The lowest BCUT2D eigenvalue weighted by atomic mass is 10.2. The number of carbonyl (C=O) groups excluding carboxylic acids is 2. The molecule has 2 aromatic carbocycles. The van der Waals surface area contributed by atoms with Crippen molar-refractivity contribution >= 4 is 49.9 Å². The van der Waals surface area contributed by atoms with Gasteiger partial charge in [-0.25, -0.2) is 9.18 Å². The number of nitrogens with zero attached hydrogens (tertiary/aromatic N) is 1. The van der Waals surface area contributed by atoms with Gasteiger partial charge < -0.3 is 10.1 Å². The first kappa shape index (κ1) is 20.3. The summed E-state index contributed by atoms with van der Waals surface area (Å²) < 4.78 is 20.7. The number of amides is 3. The van der Waals surface area contributed by atoms with E-state index in [1.54, 1.807) is 36.4 Å². The number of ether oxygens (including phenoxy) is 1. The Morgan fingerprint density at radius 1 is 1.18 bits per heavy atom. The molecule has 3 amide bonds. The second kappa shape index (κ2) is 8.70. The molecule has 0 aromatic heterocycles. The highest BCUT2D eigenvalue weighted by molar-refractivity contribution is 9.11. The van der Waals surface area contributed by atoms with Crippen LogP contribution in [-0.2, 0) is 11.4 Å². The van der Waals surface area contributed by atoms with Gasteiger partial charge >= 0.3 is 6.03 Å². The number of nitrogens with one attached hydrogen (secondary N) is 1. The molecule has 1 saturated heterocycles. The topological polar surface area (TPSA) is 58.6 Å². The van der Waals surface area contributed by atoms with Gasteiger partial charge in [-0.15, -0.1) is 6.58 Å². The Morgan fingerprint density at radius 3 is 2.50 bits per heavy atom. The summed E-state index contributed by atoms with van der Waals surface area (Å²) in [6.07, 6.45) is 3.05. The van der Waals surface area contributed by atoms with E-state index in [0.29, 0.717) is 25.8 Å². The third-order valence-corrected chi connectivity index (χ3v) is 5.11. The van der Waals surface area contributed by atoms with Gasteiger partial charge in [0.15, 0.2) is 0 Å². The van der Waals surface area contributed by atoms with Gasteiger partial charge in [-0.05, 0) is 61.7 Å². The molecular weight excluding hydrogens is 495 g/mol. The van der Waals surface area contributed by atoms with E-state index in [1.165, 1.54) is 12.1 Å². The number of benzene rings is 2. The summed E-state index contributed by atoms with van der Waals surface area (Å²) in [5.41, 5.74) is 1.28. The molecule has 5 nitrogen and oxygen atoms in total. The number of halogens is 3. The molecule has 0 atom stereocenters. The Morgan fingerprint density at radius 2 is 1.86 bits per heavy atom. The summed E-state index contributed by atoms with van der Waals surface area (Å²) in [6, 6.07) is 9.38. The quantitative estimate of drug-likeness (QED) is 0.338. The zero-order valence-corrected chi connectivity index (χ0v) is 17.7. The van der Waals surface area contributed by atoms with Gasteiger partial charge in [-0.1, -0.05) is 24.3 Å². The second-order valence-electron chi connectivity index (χ2n) is 5.89. The molecule has 0 bridgehead atoms. The van der Waals surface area contributed by atoms with Crippen molar-refractivity contribution < 1.29 is 18.7 Å². The van der Waals surface area contributed by atoms with E-state index in [4.69, 9.17) is 4.74 Å². The summed E-state index contributed by atoms with van der Waals surface area (Å²) in [6.45, 7) is 3.74. The molecule has 1 aliphatic heterocycles. The normalized spacial score (nSPS) is 15.1. The van der Waals surface area contributed by atoms with Crippen LogP contribution in [0.1, 0.15) is 11.1 Å². The third kappa shape index (κ3) is 4.34. The van der Waals surface area contributed by atoms with Crippen molar-refractivity contribution in [2.75, 3.05) is 6.54 Å². The Balaban J connectivity index is 1.80. The molecule has 0 radical (unpaired) electrons. The van der Waals surface area contributed by atoms with Gasteiger partial charge in [0.25, 0.3) is 5.91 Å². The minimum atomic E-state index is -0.487. The maximum absolute atomic E-state index is 13.8. The average Bonchev–Trinajstić information content (AvgIpc) is 2.90. The smallest absolute Gasteiger partial charge is 0.329 e. The van der Waals surface area contributed by atoms with E-state index in [-0.39, 0.29) is 24.7 Å². The molecule has 28 heavy (non-hydrogen) atoms. The summed E-state index contributed by atoms with van der Waals surface area (Å²) in [4.78, 5) is 25.2. The average molecular weight is 510 g/mol. The van der Waals surface area contributed by atoms with E-state index in [9.17, 15) is 14.0 Å². The molecule has 0 unspecified atom stereocenters. The summed E-state index contributed by atoms with van der Waals surface area (Å²) >= 11 is 6.86. The van der Waals surface area contributed by atoms with Crippen LogP contribution in [-0.4, -0.2) is 23.4 Å². The Kier molecular flexibility index (Phi) is 6.31. The lowest BCUT2D eigenvalue weighted by molar-refractivity contribution is -0.122. The standard InChI is InChI=1S/C20H15Br2FN2O3/c1-2-7-25-19(26)17(24-20(25)27)10-12-8-14(21)18(15(22)9-12)28-11-13-5-3-4-6-16(13)23/h2-6,8-10H,1,7,11H2,(H,24,27)/b17-10+. The second-order valence-corrected chi connectivity index (χ2v) is 7.60. The van der Waals surface area contributed by atoms with Crippen LogP contribution in [0, 0.1) is 5.82 Å². The van der Waals surface area contributed by atoms with Crippen molar-refractivity contribution in [3.63, 3.8) is 0 Å². The number of carbonyl (C=O) groups is 2. The van der Waals surface area contributed by atoms with Gasteiger partial charge in [0.2, 0.25) is 0 Å². The molecule has 1 aliphatic rings. The Hall–Kier alpha value is -2.45. The zero-order chi connectivity index (χ0) is 20.3. The minimum absolute atomic E-state index is 0.0648. The van der Waals surface area contributed by atoms with Gasteiger partial charge in [-0.2, -0.15) is 0 Å². The number of imide groups is 1. The fourth-order valence-electron chi connectivity index (χ4n) is 2.60. The van der Waals surface area contributed by atoms with Gasteiger partial charge in [0, 0.05) is 12.1 Å². The fourth-order valence-corrected chi connectivity index (χ4v) is 4.05. The Bertz CT molecular complexity index is 968. The van der Waals surface area contributed by atoms with Crippen molar-refractivity contribution in [1.82, 2.24) is 10.2 Å². The largest absolute Gasteiger partial charge is 0.486 e. The highest BCUT2D eigenvalue weighted by atomic mass is 79.9. The number of urea groups is 1. The molecule has 1 N–H and O–H groups in total. The van der Waals surface area contributed by atoms with Crippen molar-refractivity contribution in [2.24, 2.45) is 0 Å². The molecule has 0 spiro atoms. The molecule has 3 rings (SSSR count). The van der Waals surface area contributed by atoms with Crippen LogP contribution >= 0.6 is 31.9 Å². The van der Waals surface area contributed by atoms with Crippen LogP contribution in [0.25, 0.3) is 6.08 Å². The van der Waals surface area contributed by atoms with Crippen LogP contribution in [0.5, 0.6) is 5.75 Å². The zero-order valence-electron chi connectivity index (χ0n) is 14.5. The maximum Gasteiger partial charge on any atom is 0.329 e. The molecule has 0 saturated carbocycles. The lowest BCUT2D eigenvalue weighted by Crippen LogP contribution is -2.30. The van der Waals surface area contributed by atoms with Crippen molar-refractivity contribution in [3.8, 4) is 5.75 Å². The molecule has 1 fully saturated rings. The predicted octanol–water partition coefficient (Wildman–Crippen LogP) is 5.01. The Labute approximate surface area is 178 Å². The number of rotatable bonds is 6. The van der Waals surface area contributed by atoms with Crippen LogP contribution in [0.15, 0.2) is 63.7 Å². The molecule has 1 heterocycles. The molecule has 0 aliphatic carbocycles. The van der Waals surface area contributed by atoms with E-state index >= 15 is 0 Å². The van der Waals surface area contributed by atoms with Crippen LogP contribution in [0.4, 0.5) is 9.18 Å². The summed E-state index contributed by atoms with van der Waals surface area (Å²) in [5.74, 6) is -0.256. The fraction of sp³-hybridized carbons (Fsp3) is 0.100. The van der Waals surface area contributed by atoms with Crippen LogP contribution < -0.4 is 10.1 Å². The summed E-state index contributed by atoms with van der Waals surface area (Å²) in [5, 5.41) is 2.54. The number of hydrogen-bond donors (Lipinski definition) is 1. The number of hydrogen-bond acceptors (Lipinski definition) is 3. The minimum Gasteiger partial charge on any atom is -0.486 e. The predicted molar refractivity (Wildman–Crippen MR) is 111 cm³/mol. The SMILES string of the molecule is C=CCN1C(=O)N/C(=C/c2cc(Br)c(OCc3ccccc3F)c(Br)c2)C1=O. The van der Waals surface area contributed by atoms with E-state index < -0.39 is 11.9 Å². The highest BCUT2D eigenvalue weighted by Gasteiger charge is 2.32. The first-order valence-corrected chi connectivity index (χ1v) is 9.80. The van der Waals surface area contributed by atoms with Gasteiger partial charge in [0.05, 0.1) is 8.95 Å². The lowest BCUT2D eigenvalue weighted by Gasteiger charge is -2.12. The van der Waals surface area contributed by atoms with Crippen molar-refractivity contribution in [2.45, 2.75) is 6.61 Å². The first-order chi connectivity index (χ1) is 13.4. The van der Waals surface area contributed by atoms with Gasteiger partial charge in [0.1, 0.15) is 23.9 Å². The van der Waals surface area contributed by atoms with Crippen LogP contribution in [0.3, 0.4) is 0 Å². The van der Waals surface area contributed by atoms with E-state index in [0.717, 1.165) is 4.90 Å². The third-order valence-electron chi connectivity index (χ3n) is 3.94. The van der Waals surface area contributed by atoms with Crippen LogP contribution in [0.2, 0.25) is 0 Å². The van der Waals surface area contributed by atoms with E-state index in [1.807, 2.05) is 0 Å². The summed E-state index contributed by atoms with van der Waals surface area (Å²) in [7, 11) is 0. The monoisotopic (exact) mass is 508 g/mol.